The van der Waals surface area contributed by atoms with Crippen LogP contribution in [0.25, 0.3) is 0 Å². The Bertz CT molecular complexity index is 350. The van der Waals surface area contributed by atoms with E-state index in [1.54, 1.807) is 6.07 Å². The molecule has 1 saturated heterocycles. The maximum absolute atomic E-state index is 9.90. The minimum atomic E-state index is 0.282. The van der Waals surface area contributed by atoms with E-state index in [-0.39, 0.29) is 6.04 Å². The van der Waals surface area contributed by atoms with Crippen LogP contribution in [0.2, 0.25) is 0 Å². The van der Waals surface area contributed by atoms with Gasteiger partial charge in [-0.2, -0.15) is 11.8 Å². The number of hydrogen-bond donors (Lipinski definition) is 2. The lowest BCUT2D eigenvalue weighted by molar-refractivity contribution is 0.389. The van der Waals surface area contributed by atoms with Crippen molar-refractivity contribution >= 4 is 11.8 Å². The summed E-state index contributed by atoms with van der Waals surface area (Å²) in [5, 5.41) is 13.6. The Hall–Kier alpha value is -0.670. The third kappa shape index (κ3) is 3.39. The van der Waals surface area contributed by atoms with Gasteiger partial charge in [-0.3, -0.25) is 0 Å². The van der Waals surface area contributed by atoms with Crippen molar-refractivity contribution in [3.8, 4) is 5.75 Å². The summed E-state index contributed by atoms with van der Waals surface area (Å²) in [5.41, 5.74) is 1.04. The van der Waals surface area contributed by atoms with E-state index in [4.69, 9.17) is 0 Å². The normalized spacial score (nSPS) is 19.1. The van der Waals surface area contributed by atoms with E-state index in [0.717, 1.165) is 12.0 Å². The van der Waals surface area contributed by atoms with Gasteiger partial charge in [0.25, 0.3) is 0 Å². The van der Waals surface area contributed by atoms with Crippen LogP contribution in [0.15, 0.2) is 24.3 Å². The highest BCUT2D eigenvalue weighted by Crippen LogP contribution is 2.28. The molecule has 2 nitrogen and oxygen atoms in total. The highest BCUT2D eigenvalue weighted by molar-refractivity contribution is 7.99. The molecule has 0 aromatic heterocycles. The Kier molecular flexibility index (Phi) is 4.75. The summed E-state index contributed by atoms with van der Waals surface area (Å²) in [5.74, 6) is 2.93. The number of nitrogens with one attached hydrogen (secondary N) is 1. The summed E-state index contributed by atoms with van der Waals surface area (Å²) >= 11 is 2.04. The molecule has 0 radical (unpaired) electrons. The Labute approximate surface area is 108 Å². The first kappa shape index (κ1) is 12.8. The lowest BCUT2D eigenvalue weighted by atomic mass is 10.0. The highest BCUT2D eigenvalue weighted by Gasteiger charge is 2.19. The molecule has 17 heavy (non-hydrogen) atoms. The number of rotatable bonds is 4. The van der Waals surface area contributed by atoms with Crippen molar-refractivity contribution in [3.63, 3.8) is 0 Å². The van der Waals surface area contributed by atoms with Crippen LogP contribution < -0.4 is 5.32 Å². The molecule has 0 bridgehead atoms. The average molecular weight is 251 g/mol. The Morgan fingerprint density at radius 3 is 2.71 bits per heavy atom. The van der Waals surface area contributed by atoms with Crippen molar-refractivity contribution in [2.24, 2.45) is 0 Å². The lowest BCUT2D eigenvalue weighted by Crippen LogP contribution is -2.35. The van der Waals surface area contributed by atoms with Gasteiger partial charge >= 0.3 is 0 Å². The van der Waals surface area contributed by atoms with Gasteiger partial charge in [0.15, 0.2) is 0 Å². The van der Waals surface area contributed by atoms with E-state index >= 15 is 0 Å². The fourth-order valence-corrected chi connectivity index (χ4v) is 3.46. The van der Waals surface area contributed by atoms with Crippen LogP contribution in [-0.2, 0) is 0 Å². The molecule has 0 aliphatic carbocycles. The van der Waals surface area contributed by atoms with Gasteiger partial charge in [0, 0.05) is 17.6 Å². The molecule has 2 N–H and O–H groups in total. The Balaban J connectivity index is 2.03. The minimum Gasteiger partial charge on any atom is -0.508 e. The summed E-state index contributed by atoms with van der Waals surface area (Å²) in [6, 6.07) is 8.56. The summed E-state index contributed by atoms with van der Waals surface area (Å²) < 4.78 is 0. The predicted molar refractivity (Wildman–Crippen MR) is 74.6 cm³/mol. The molecule has 0 amide bonds. The first-order valence-electron chi connectivity index (χ1n) is 6.43. The molecular weight excluding hydrogens is 230 g/mol. The SMILES string of the molecule is CCC(NC1CCSCC1)c1ccccc1O. The molecule has 1 aromatic rings. The van der Waals surface area contributed by atoms with Crippen molar-refractivity contribution in [1.29, 1.82) is 0 Å². The topological polar surface area (TPSA) is 32.3 Å². The number of phenols is 1. The first-order valence-corrected chi connectivity index (χ1v) is 7.58. The van der Waals surface area contributed by atoms with Crippen LogP contribution in [0.3, 0.4) is 0 Å². The van der Waals surface area contributed by atoms with Gasteiger partial charge in [-0.05, 0) is 36.8 Å². The molecule has 1 aliphatic heterocycles. The van der Waals surface area contributed by atoms with Gasteiger partial charge in [0.1, 0.15) is 5.75 Å². The Morgan fingerprint density at radius 2 is 2.06 bits per heavy atom. The molecule has 94 valence electrons. The first-order chi connectivity index (χ1) is 8.31. The van der Waals surface area contributed by atoms with Crippen LogP contribution in [-0.4, -0.2) is 22.7 Å². The Morgan fingerprint density at radius 1 is 1.35 bits per heavy atom. The summed E-state index contributed by atoms with van der Waals surface area (Å²) in [4.78, 5) is 0. The van der Waals surface area contributed by atoms with Gasteiger partial charge in [-0.25, -0.2) is 0 Å². The van der Waals surface area contributed by atoms with Crippen LogP contribution >= 0.6 is 11.8 Å². The zero-order chi connectivity index (χ0) is 12.1. The molecule has 1 aromatic carbocycles. The third-order valence-corrected chi connectivity index (χ3v) is 4.43. The predicted octanol–water partition coefficient (Wildman–Crippen LogP) is 3.33. The maximum Gasteiger partial charge on any atom is 0.120 e. The second-order valence-electron chi connectivity index (χ2n) is 4.57. The van der Waals surface area contributed by atoms with Crippen LogP contribution in [0.4, 0.5) is 0 Å². The molecule has 3 heteroatoms. The average Bonchev–Trinajstić information content (AvgIpc) is 2.38. The molecular formula is C14H21NOS. The minimum absolute atomic E-state index is 0.282. The van der Waals surface area contributed by atoms with Gasteiger partial charge in [-0.15, -0.1) is 0 Å². The van der Waals surface area contributed by atoms with Crippen LogP contribution in [0, 0.1) is 0 Å². The van der Waals surface area contributed by atoms with E-state index < -0.39 is 0 Å². The van der Waals surface area contributed by atoms with Crippen LogP contribution in [0.1, 0.15) is 37.8 Å². The van der Waals surface area contributed by atoms with E-state index in [0.29, 0.717) is 11.8 Å². The smallest absolute Gasteiger partial charge is 0.120 e. The molecule has 0 spiro atoms. The number of benzene rings is 1. The highest BCUT2D eigenvalue weighted by atomic mass is 32.2. The molecule has 1 atom stereocenters. The summed E-state index contributed by atoms with van der Waals surface area (Å²) in [7, 11) is 0. The van der Waals surface area contributed by atoms with Gasteiger partial charge < -0.3 is 10.4 Å². The standard InChI is InChI=1S/C14H21NOS/c1-2-13(12-5-3-4-6-14(12)16)15-11-7-9-17-10-8-11/h3-6,11,13,15-16H,2,7-10H2,1H3. The van der Waals surface area contributed by atoms with Crippen molar-refractivity contribution in [2.45, 2.75) is 38.3 Å². The maximum atomic E-state index is 9.90. The fourth-order valence-electron chi connectivity index (χ4n) is 2.36. The molecule has 0 saturated carbocycles. The number of thioether (sulfide) groups is 1. The van der Waals surface area contributed by atoms with Crippen molar-refractivity contribution < 1.29 is 5.11 Å². The summed E-state index contributed by atoms with van der Waals surface area (Å²) in [6.45, 7) is 2.17. The molecule has 1 unspecified atom stereocenters. The second kappa shape index (κ2) is 6.31. The number of hydrogen-bond acceptors (Lipinski definition) is 3. The largest absolute Gasteiger partial charge is 0.508 e. The monoisotopic (exact) mass is 251 g/mol. The zero-order valence-corrected chi connectivity index (χ0v) is 11.2. The molecule has 1 heterocycles. The third-order valence-electron chi connectivity index (χ3n) is 3.38. The van der Waals surface area contributed by atoms with Gasteiger partial charge in [0.2, 0.25) is 0 Å². The summed E-state index contributed by atoms with van der Waals surface area (Å²) in [6.07, 6.45) is 3.50. The second-order valence-corrected chi connectivity index (χ2v) is 5.80. The molecule has 1 fully saturated rings. The molecule has 2 rings (SSSR count). The van der Waals surface area contributed by atoms with Crippen molar-refractivity contribution in [3.05, 3.63) is 29.8 Å². The van der Waals surface area contributed by atoms with E-state index in [2.05, 4.69) is 12.2 Å². The van der Waals surface area contributed by atoms with E-state index in [1.807, 2.05) is 30.0 Å². The van der Waals surface area contributed by atoms with Gasteiger partial charge in [-0.1, -0.05) is 25.1 Å². The number of phenolic OH excluding ortho intramolecular Hbond substituents is 1. The molecule has 1 aliphatic rings. The van der Waals surface area contributed by atoms with Crippen molar-refractivity contribution in [2.75, 3.05) is 11.5 Å². The number of aromatic hydroxyl groups is 1. The zero-order valence-electron chi connectivity index (χ0n) is 10.4. The van der Waals surface area contributed by atoms with E-state index in [9.17, 15) is 5.11 Å². The van der Waals surface area contributed by atoms with E-state index in [1.165, 1.54) is 24.3 Å². The van der Waals surface area contributed by atoms with Gasteiger partial charge in [0.05, 0.1) is 0 Å². The fraction of sp³-hybridized carbons (Fsp3) is 0.571. The quantitative estimate of drug-likeness (QED) is 0.861. The van der Waals surface area contributed by atoms with Crippen LogP contribution in [0.5, 0.6) is 5.75 Å². The lowest BCUT2D eigenvalue weighted by Gasteiger charge is -2.28. The van der Waals surface area contributed by atoms with Crippen molar-refractivity contribution in [1.82, 2.24) is 5.32 Å². The number of para-hydroxylation sites is 1.